The van der Waals surface area contributed by atoms with Gasteiger partial charge in [-0.25, -0.2) is 4.79 Å². The van der Waals surface area contributed by atoms with E-state index in [9.17, 15) is 9.59 Å². The lowest BCUT2D eigenvalue weighted by Gasteiger charge is -2.34. The van der Waals surface area contributed by atoms with Gasteiger partial charge in [-0.3, -0.25) is 4.79 Å². The molecule has 2 aliphatic heterocycles. The maximum Gasteiger partial charge on any atom is 0.319 e. The number of hydrogen-bond donors (Lipinski definition) is 1. The standard InChI is InChI=1S/C23H35N3O4/c1-4-15-30-20-8-7-19(16-21(20)29-3)17(2)24-22(27)18-9-13-26(14-10-18)23(28)25-11-5-6-12-25/h7-8,16-18H,4-6,9-15H2,1-3H3,(H,24,27). The second-order valence-corrected chi connectivity index (χ2v) is 8.23. The fourth-order valence-corrected chi connectivity index (χ4v) is 4.14. The van der Waals surface area contributed by atoms with Crippen LogP contribution in [0.5, 0.6) is 11.5 Å². The normalized spacial score (nSPS) is 18.2. The van der Waals surface area contributed by atoms with Crippen molar-refractivity contribution in [3.63, 3.8) is 0 Å². The van der Waals surface area contributed by atoms with Crippen molar-refractivity contribution in [1.29, 1.82) is 0 Å². The molecule has 1 aromatic carbocycles. The highest BCUT2D eigenvalue weighted by Crippen LogP contribution is 2.31. The molecule has 0 bridgehead atoms. The summed E-state index contributed by atoms with van der Waals surface area (Å²) in [6.45, 7) is 7.71. The molecular weight excluding hydrogens is 382 g/mol. The lowest BCUT2D eigenvalue weighted by atomic mass is 9.95. The predicted octanol–water partition coefficient (Wildman–Crippen LogP) is 3.59. The Hall–Kier alpha value is -2.44. The first-order valence-corrected chi connectivity index (χ1v) is 11.2. The summed E-state index contributed by atoms with van der Waals surface area (Å²) in [5.41, 5.74) is 0.977. The Morgan fingerprint density at radius 3 is 2.40 bits per heavy atom. The van der Waals surface area contributed by atoms with Crippen LogP contribution in [0.1, 0.15) is 57.6 Å². The number of amides is 3. The van der Waals surface area contributed by atoms with Crippen LogP contribution in [-0.4, -0.2) is 61.6 Å². The van der Waals surface area contributed by atoms with Crippen molar-refractivity contribution in [3.05, 3.63) is 23.8 Å². The largest absolute Gasteiger partial charge is 0.493 e. The molecule has 0 spiro atoms. The molecule has 3 rings (SSSR count). The second-order valence-electron chi connectivity index (χ2n) is 8.23. The number of carbonyl (C=O) groups is 2. The zero-order chi connectivity index (χ0) is 21.5. The van der Waals surface area contributed by atoms with E-state index in [-0.39, 0.29) is 23.9 Å². The number of urea groups is 1. The highest BCUT2D eigenvalue weighted by atomic mass is 16.5. The van der Waals surface area contributed by atoms with E-state index in [1.807, 2.05) is 34.9 Å². The third-order valence-corrected chi connectivity index (χ3v) is 6.02. The van der Waals surface area contributed by atoms with E-state index in [4.69, 9.17) is 9.47 Å². The quantitative estimate of drug-likeness (QED) is 0.736. The lowest BCUT2D eigenvalue weighted by Crippen LogP contribution is -2.47. The summed E-state index contributed by atoms with van der Waals surface area (Å²) < 4.78 is 11.2. The number of nitrogens with zero attached hydrogens (tertiary/aromatic N) is 2. The molecule has 3 amide bonds. The summed E-state index contributed by atoms with van der Waals surface area (Å²) in [5, 5.41) is 3.13. The van der Waals surface area contributed by atoms with Crippen LogP contribution in [-0.2, 0) is 4.79 Å². The Bertz CT molecular complexity index is 725. The van der Waals surface area contributed by atoms with Crippen molar-refractivity contribution in [3.8, 4) is 11.5 Å². The van der Waals surface area contributed by atoms with Gasteiger partial charge < -0.3 is 24.6 Å². The van der Waals surface area contributed by atoms with Crippen LogP contribution >= 0.6 is 0 Å². The van der Waals surface area contributed by atoms with Gasteiger partial charge in [0, 0.05) is 32.1 Å². The molecule has 30 heavy (non-hydrogen) atoms. The highest BCUT2D eigenvalue weighted by Gasteiger charge is 2.31. The third-order valence-electron chi connectivity index (χ3n) is 6.02. The van der Waals surface area contributed by atoms with E-state index >= 15 is 0 Å². The Kier molecular flexibility index (Phi) is 7.82. The van der Waals surface area contributed by atoms with Crippen LogP contribution in [0.25, 0.3) is 0 Å². The minimum absolute atomic E-state index is 0.0517. The molecule has 7 heteroatoms. The minimum atomic E-state index is -0.129. The number of likely N-dealkylation sites (tertiary alicyclic amines) is 2. The molecule has 0 aromatic heterocycles. The van der Waals surface area contributed by atoms with Crippen molar-refractivity contribution < 1.29 is 19.1 Å². The summed E-state index contributed by atoms with van der Waals surface area (Å²) in [7, 11) is 1.62. The molecule has 0 saturated carbocycles. The molecule has 0 radical (unpaired) electrons. The first-order valence-electron chi connectivity index (χ1n) is 11.2. The van der Waals surface area contributed by atoms with E-state index in [2.05, 4.69) is 12.2 Å². The summed E-state index contributed by atoms with van der Waals surface area (Å²) >= 11 is 0. The zero-order valence-electron chi connectivity index (χ0n) is 18.5. The molecule has 166 valence electrons. The van der Waals surface area contributed by atoms with E-state index in [1.54, 1.807) is 7.11 Å². The zero-order valence-corrected chi connectivity index (χ0v) is 18.5. The molecule has 1 aromatic rings. The van der Waals surface area contributed by atoms with Crippen LogP contribution in [0.4, 0.5) is 4.79 Å². The Morgan fingerprint density at radius 1 is 1.10 bits per heavy atom. The third kappa shape index (κ3) is 5.37. The molecule has 2 aliphatic rings. The maximum atomic E-state index is 12.8. The van der Waals surface area contributed by atoms with Gasteiger partial charge in [0.05, 0.1) is 19.8 Å². The maximum absolute atomic E-state index is 12.8. The molecule has 1 atom stereocenters. The van der Waals surface area contributed by atoms with Crippen molar-refractivity contribution in [1.82, 2.24) is 15.1 Å². The monoisotopic (exact) mass is 417 g/mol. The first kappa shape index (κ1) is 22.2. The number of ether oxygens (including phenoxy) is 2. The Balaban J connectivity index is 1.51. The van der Waals surface area contributed by atoms with Gasteiger partial charge in [0.15, 0.2) is 11.5 Å². The predicted molar refractivity (Wildman–Crippen MR) is 116 cm³/mol. The summed E-state index contributed by atoms with van der Waals surface area (Å²) in [4.78, 5) is 29.2. The van der Waals surface area contributed by atoms with Crippen molar-refractivity contribution in [2.45, 2.75) is 52.0 Å². The highest BCUT2D eigenvalue weighted by molar-refractivity contribution is 5.80. The van der Waals surface area contributed by atoms with E-state index in [1.165, 1.54) is 0 Å². The van der Waals surface area contributed by atoms with Crippen LogP contribution in [0.2, 0.25) is 0 Å². The molecule has 2 saturated heterocycles. The van der Waals surface area contributed by atoms with Crippen LogP contribution in [0.3, 0.4) is 0 Å². The number of hydrogen-bond acceptors (Lipinski definition) is 4. The molecule has 2 heterocycles. The summed E-state index contributed by atoms with van der Waals surface area (Å²) in [6.07, 6.45) is 4.55. The molecule has 1 unspecified atom stereocenters. The lowest BCUT2D eigenvalue weighted by molar-refractivity contribution is -0.126. The SMILES string of the molecule is CCCOc1ccc(C(C)NC(=O)C2CCN(C(=O)N3CCCC3)CC2)cc1OC. The number of carbonyl (C=O) groups excluding carboxylic acids is 2. The number of nitrogens with one attached hydrogen (secondary N) is 1. The van der Waals surface area contributed by atoms with E-state index in [0.29, 0.717) is 38.3 Å². The fraction of sp³-hybridized carbons (Fsp3) is 0.652. The van der Waals surface area contributed by atoms with Gasteiger partial charge in [0.25, 0.3) is 0 Å². The molecule has 2 fully saturated rings. The summed E-state index contributed by atoms with van der Waals surface area (Å²) in [6, 6.07) is 5.80. The molecular formula is C23H35N3O4. The fourth-order valence-electron chi connectivity index (χ4n) is 4.14. The van der Waals surface area contributed by atoms with Crippen LogP contribution in [0, 0.1) is 5.92 Å². The summed E-state index contributed by atoms with van der Waals surface area (Å²) in [5.74, 6) is 1.40. The topological polar surface area (TPSA) is 71.1 Å². The van der Waals surface area contributed by atoms with Crippen molar-refractivity contribution in [2.75, 3.05) is 39.9 Å². The van der Waals surface area contributed by atoms with E-state index in [0.717, 1.165) is 43.7 Å². The van der Waals surface area contributed by atoms with Gasteiger partial charge in [0.2, 0.25) is 5.91 Å². The van der Waals surface area contributed by atoms with E-state index < -0.39 is 0 Å². The molecule has 7 nitrogen and oxygen atoms in total. The number of piperidine rings is 1. The van der Waals surface area contributed by atoms with Crippen molar-refractivity contribution in [2.24, 2.45) is 5.92 Å². The Labute approximate surface area is 179 Å². The minimum Gasteiger partial charge on any atom is -0.493 e. The Morgan fingerprint density at radius 2 is 1.77 bits per heavy atom. The number of rotatable bonds is 7. The van der Waals surface area contributed by atoms with Gasteiger partial charge in [-0.1, -0.05) is 13.0 Å². The van der Waals surface area contributed by atoms with Gasteiger partial charge in [-0.2, -0.15) is 0 Å². The van der Waals surface area contributed by atoms with Gasteiger partial charge in [-0.05, 0) is 56.7 Å². The number of benzene rings is 1. The van der Waals surface area contributed by atoms with Crippen LogP contribution in [0.15, 0.2) is 18.2 Å². The average molecular weight is 418 g/mol. The van der Waals surface area contributed by atoms with Gasteiger partial charge in [-0.15, -0.1) is 0 Å². The molecule has 0 aliphatic carbocycles. The van der Waals surface area contributed by atoms with Crippen molar-refractivity contribution >= 4 is 11.9 Å². The smallest absolute Gasteiger partial charge is 0.319 e. The first-order chi connectivity index (χ1) is 14.5. The van der Waals surface area contributed by atoms with Gasteiger partial charge in [0.1, 0.15) is 0 Å². The number of methoxy groups -OCH3 is 1. The van der Waals surface area contributed by atoms with Gasteiger partial charge >= 0.3 is 6.03 Å². The second kappa shape index (κ2) is 10.5. The average Bonchev–Trinajstić information content (AvgIpc) is 3.32. The van der Waals surface area contributed by atoms with Crippen LogP contribution < -0.4 is 14.8 Å². The molecule has 1 N–H and O–H groups in total.